The zero-order valence-electron chi connectivity index (χ0n) is 13.6. The van der Waals surface area contributed by atoms with Crippen molar-refractivity contribution in [3.05, 3.63) is 29.8 Å². The van der Waals surface area contributed by atoms with Crippen molar-refractivity contribution in [2.75, 3.05) is 6.54 Å². The fourth-order valence-electron chi connectivity index (χ4n) is 2.60. The van der Waals surface area contributed by atoms with Crippen LogP contribution in [0.4, 0.5) is 0 Å². The fourth-order valence-corrected chi connectivity index (χ4v) is 2.60. The van der Waals surface area contributed by atoms with Crippen LogP contribution in [-0.4, -0.2) is 24.1 Å². The van der Waals surface area contributed by atoms with Crippen molar-refractivity contribution in [1.29, 1.82) is 0 Å². The van der Waals surface area contributed by atoms with E-state index in [0.717, 1.165) is 11.3 Å². The molecule has 0 aliphatic carbocycles. The highest BCUT2D eigenvalue weighted by Gasteiger charge is 2.41. The maximum atomic E-state index is 12.1. The Morgan fingerprint density at radius 2 is 1.95 bits per heavy atom. The van der Waals surface area contributed by atoms with Gasteiger partial charge >= 0.3 is 0 Å². The van der Waals surface area contributed by atoms with Gasteiger partial charge in [-0.25, -0.2) is 0 Å². The van der Waals surface area contributed by atoms with Crippen LogP contribution in [0, 0.1) is 5.92 Å². The van der Waals surface area contributed by atoms with Gasteiger partial charge in [-0.2, -0.15) is 0 Å². The number of carbonyl (C=O) groups is 1. The van der Waals surface area contributed by atoms with E-state index in [1.807, 2.05) is 39.0 Å². The van der Waals surface area contributed by atoms with E-state index in [2.05, 4.69) is 30.5 Å². The van der Waals surface area contributed by atoms with Gasteiger partial charge in [-0.15, -0.1) is 0 Å². The zero-order chi connectivity index (χ0) is 15.6. The first-order valence-corrected chi connectivity index (χ1v) is 7.63. The minimum atomic E-state index is -0.365. The highest BCUT2D eigenvalue weighted by molar-refractivity contribution is 5.81. The second kappa shape index (κ2) is 6.06. The normalized spacial score (nSPS) is 20.8. The standard InChI is InChI=1S/C17H26N2O2/c1-11(2)10-18-16(20)12(3)19-15-13-8-6-7-9-14(13)21-17(15,4)5/h6-9,11-12,15,19H,10H2,1-5H3,(H,18,20). The van der Waals surface area contributed by atoms with E-state index in [-0.39, 0.29) is 23.6 Å². The van der Waals surface area contributed by atoms with Crippen LogP contribution in [0.25, 0.3) is 0 Å². The fraction of sp³-hybridized carbons (Fsp3) is 0.588. The van der Waals surface area contributed by atoms with E-state index >= 15 is 0 Å². The van der Waals surface area contributed by atoms with Crippen molar-refractivity contribution in [2.24, 2.45) is 5.92 Å². The van der Waals surface area contributed by atoms with E-state index in [9.17, 15) is 4.79 Å². The van der Waals surface area contributed by atoms with E-state index in [4.69, 9.17) is 4.74 Å². The van der Waals surface area contributed by atoms with E-state index in [0.29, 0.717) is 12.5 Å². The quantitative estimate of drug-likeness (QED) is 0.876. The largest absolute Gasteiger partial charge is 0.486 e. The molecule has 0 bridgehead atoms. The molecule has 0 saturated heterocycles. The van der Waals surface area contributed by atoms with Crippen molar-refractivity contribution in [3.63, 3.8) is 0 Å². The van der Waals surface area contributed by atoms with Gasteiger partial charge in [0.25, 0.3) is 0 Å². The minimum absolute atomic E-state index is 0.00787. The summed E-state index contributed by atoms with van der Waals surface area (Å²) in [5, 5.41) is 6.38. The molecule has 2 atom stereocenters. The van der Waals surface area contributed by atoms with Crippen LogP contribution in [0.2, 0.25) is 0 Å². The Kier molecular flexibility index (Phi) is 4.57. The first-order chi connectivity index (χ1) is 9.81. The Balaban J connectivity index is 2.06. The highest BCUT2D eigenvalue weighted by Crippen LogP contribution is 2.42. The first kappa shape index (κ1) is 15.8. The summed E-state index contributed by atoms with van der Waals surface area (Å²) in [5.41, 5.74) is 0.752. The van der Waals surface area contributed by atoms with Gasteiger partial charge in [-0.3, -0.25) is 10.1 Å². The van der Waals surface area contributed by atoms with Crippen LogP contribution in [0.3, 0.4) is 0 Å². The summed E-state index contributed by atoms with van der Waals surface area (Å²) in [6.07, 6.45) is 0. The molecule has 2 rings (SSSR count). The van der Waals surface area contributed by atoms with Gasteiger partial charge in [-0.05, 0) is 32.8 Å². The van der Waals surface area contributed by atoms with Gasteiger partial charge in [0, 0.05) is 12.1 Å². The van der Waals surface area contributed by atoms with Crippen LogP contribution < -0.4 is 15.4 Å². The topological polar surface area (TPSA) is 50.4 Å². The Hall–Kier alpha value is -1.55. The number of ether oxygens (including phenoxy) is 1. The number of nitrogens with one attached hydrogen (secondary N) is 2. The van der Waals surface area contributed by atoms with Crippen molar-refractivity contribution in [1.82, 2.24) is 10.6 Å². The Labute approximate surface area is 127 Å². The predicted octanol–water partition coefficient (Wildman–Crippen LogP) is 2.65. The lowest BCUT2D eigenvalue weighted by molar-refractivity contribution is -0.123. The zero-order valence-corrected chi connectivity index (χ0v) is 13.6. The lowest BCUT2D eigenvalue weighted by atomic mass is 9.93. The Morgan fingerprint density at radius 3 is 2.62 bits per heavy atom. The van der Waals surface area contributed by atoms with Crippen molar-refractivity contribution < 1.29 is 9.53 Å². The summed E-state index contributed by atoms with van der Waals surface area (Å²) >= 11 is 0. The van der Waals surface area contributed by atoms with Gasteiger partial charge in [0.1, 0.15) is 11.4 Å². The molecule has 4 nitrogen and oxygen atoms in total. The predicted molar refractivity (Wildman–Crippen MR) is 84.3 cm³/mol. The molecule has 0 saturated carbocycles. The lowest BCUT2D eigenvalue weighted by Crippen LogP contribution is -2.49. The maximum absolute atomic E-state index is 12.1. The molecular weight excluding hydrogens is 264 g/mol. The van der Waals surface area contributed by atoms with Crippen molar-refractivity contribution >= 4 is 5.91 Å². The maximum Gasteiger partial charge on any atom is 0.236 e. The minimum Gasteiger partial charge on any atom is -0.486 e. The van der Waals surface area contributed by atoms with Crippen molar-refractivity contribution in [2.45, 2.75) is 52.3 Å². The molecule has 21 heavy (non-hydrogen) atoms. The van der Waals surface area contributed by atoms with Gasteiger partial charge in [0.05, 0.1) is 12.1 Å². The first-order valence-electron chi connectivity index (χ1n) is 7.63. The van der Waals surface area contributed by atoms with E-state index in [1.165, 1.54) is 0 Å². The van der Waals surface area contributed by atoms with Gasteiger partial charge in [0.2, 0.25) is 5.91 Å². The third-order valence-corrected chi connectivity index (χ3v) is 3.79. The molecule has 2 N–H and O–H groups in total. The second-order valence-electron chi connectivity index (χ2n) is 6.70. The average molecular weight is 290 g/mol. The number of hydrogen-bond acceptors (Lipinski definition) is 3. The molecule has 2 unspecified atom stereocenters. The lowest BCUT2D eigenvalue weighted by Gasteiger charge is -2.29. The summed E-state index contributed by atoms with van der Waals surface area (Å²) in [7, 11) is 0. The molecule has 1 aromatic carbocycles. The molecule has 1 amide bonds. The van der Waals surface area contributed by atoms with Crippen LogP contribution in [-0.2, 0) is 4.79 Å². The third kappa shape index (κ3) is 3.56. The van der Waals surface area contributed by atoms with Crippen molar-refractivity contribution in [3.8, 4) is 5.75 Å². The molecule has 0 spiro atoms. The Morgan fingerprint density at radius 1 is 1.29 bits per heavy atom. The summed E-state index contributed by atoms with van der Waals surface area (Å²) in [6, 6.07) is 7.75. The highest BCUT2D eigenvalue weighted by atomic mass is 16.5. The number of rotatable bonds is 5. The summed E-state index contributed by atoms with van der Waals surface area (Å²) < 4.78 is 5.99. The summed E-state index contributed by atoms with van der Waals surface area (Å²) in [6.45, 7) is 10.9. The Bertz CT molecular complexity index is 511. The number of hydrogen-bond donors (Lipinski definition) is 2. The number of carbonyl (C=O) groups excluding carboxylic acids is 1. The number of fused-ring (bicyclic) bond motifs is 1. The van der Waals surface area contributed by atoms with E-state index in [1.54, 1.807) is 0 Å². The molecule has 116 valence electrons. The molecule has 0 radical (unpaired) electrons. The molecule has 4 heteroatoms. The molecule has 1 aromatic rings. The van der Waals surface area contributed by atoms with Gasteiger partial charge < -0.3 is 10.1 Å². The average Bonchev–Trinajstić information content (AvgIpc) is 2.67. The number of amides is 1. The molecular formula is C17H26N2O2. The summed E-state index contributed by atoms with van der Waals surface area (Å²) in [4.78, 5) is 12.1. The van der Waals surface area contributed by atoms with Crippen LogP contribution in [0.15, 0.2) is 24.3 Å². The molecule has 0 fully saturated rings. The second-order valence-corrected chi connectivity index (χ2v) is 6.70. The molecule has 1 aliphatic heterocycles. The van der Waals surface area contributed by atoms with Crippen LogP contribution >= 0.6 is 0 Å². The summed E-state index contributed by atoms with van der Waals surface area (Å²) in [5.74, 6) is 1.38. The third-order valence-electron chi connectivity index (χ3n) is 3.79. The molecule has 1 aliphatic rings. The smallest absolute Gasteiger partial charge is 0.236 e. The number of para-hydroxylation sites is 1. The van der Waals surface area contributed by atoms with Gasteiger partial charge in [-0.1, -0.05) is 32.0 Å². The SMILES string of the molecule is CC(C)CNC(=O)C(C)NC1c2ccccc2OC1(C)C. The van der Waals surface area contributed by atoms with Crippen LogP contribution in [0.5, 0.6) is 5.75 Å². The monoisotopic (exact) mass is 290 g/mol. The van der Waals surface area contributed by atoms with Gasteiger partial charge in [0.15, 0.2) is 0 Å². The van der Waals surface area contributed by atoms with E-state index < -0.39 is 0 Å². The molecule has 1 heterocycles. The molecule has 0 aromatic heterocycles. The number of benzene rings is 1. The van der Waals surface area contributed by atoms with Crippen LogP contribution in [0.1, 0.15) is 46.2 Å².